The number of fused-ring (bicyclic) bond motifs is 1. The Labute approximate surface area is 215 Å². The van der Waals surface area contributed by atoms with Crippen LogP contribution in [0.15, 0.2) is 55.0 Å². The number of rotatable bonds is 8. The molecular formula is C25H23FN8O4. The zero-order chi connectivity index (χ0) is 27.4. The fourth-order valence-electron chi connectivity index (χ4n) is 3.43. The number of pyridine rings is 2. The van der Waals surface area contributed by atoms with E-state index in [0.717, 1.165) is 0 Å². The van der Waals surface area contributed by atoms with Crippen molar-refractivity contribution in [2.24, 2.45) is 5.73 Å². The number of anilines is 2. The smallest absolute Gasteiger partial charge is 0.391 e. The quantitative estimate of drug-likeness (QED) is 0.273. The van der Waals surface area contributed by atoms with Crippen molar-refractivity contribution in [2.75, 3.05) is 11.9 Å². The van der Waals surface area contributed by atoms with E-state index in [1.165, 1.54) is 38.5 Å². The van der Waals surface area contributed by atoms with E-state index in [1.807, 2.05) is 6.07 Å². The van der Waals surface area contributed by atoms with Crippen LogP contribution in [-0.2, 0) is 0 Å². The van der Waals surface area contributed by atoms with Crippen LogP contribution in [0.1, 0.15) is 29.8 Å². The summed E-state index contributed by atoms with van der Waals surface area (Å²) in [5.41, 5.74) is 6.31. The Morgan fingerprint density at radius 1 is 1.21 bits per heavy atom. The number of nitriles is 1. The molecule has 0 saturated carbocycles. The predicted molar refractivity (Wildman–Crippen MR) is 134 cm³/mol. The van der Waals surface area contributed by atoms with E-state index in [2.05, 4.69) is 25.7 Å². The van der Waals surface area contributed by atoms with Gasteiger partial charge >= 0.3 is 6.09 Å². The average molecular weight is 519 g/mol. The molecule has 4 aromatic heterocycles. The number of carbonyl (C=O) groups excluding carboxylic acids is 2. The molecule has 4 rings (SSSR count). The number of alkyl halides is 1. The molecule has 1 atom stereocenters. The molecule has 5 N–H and O–H groups in total. The van der Waals surface area contributed by atoms with E-state index >= 15 is 0 Å². The third-order valence-electron chi connectivity index (χ3n) is 5.47. The summed E-state index contributed by atoms with van der Waals surface area (Å²) in [5, 5.41) is 28.8. The summed E-state index contributed by atoms with van der Waals surface area (Å²) >= 11 is 0. The summed E-state index contributed by atoms with van der Waals surface area (Å²) in [6.45, 7) is 2.20. The van der Waals surface area contributed by atoms with Gasteiger partial charge in [-0.05, 0) is 44.2 Å². The van der Waals surface area contributed by atoms with E-state index in [1.54, 1.807) is 34.8 Å². The van der Waals surface area contributed by atoms with Gasteiger partial charge in [0, 0.05) is 12.3 Å². The maximum absolute atomic E-state index is 14.2. The van der Waals surface area contributed by atoms with Crippen molar-refractivity contribution in [3.63, 3.8) is 0 Å². The molecule has 0 aliphatic carbocycles. The van der Waals surface area contributed by atoms with Crippen LogP contribution < -0.4 is 21.1 Å². The minimum atomic E-state index is -1.70. The predicted octanol–water partition coefficient (Wildman–Crippen LogP) is 2.70. The Bertz CT molecular complexity index is 1540. The van der Waals surface area contributed by atoms with Crippen molar-refractivity contribution in [2.45, 2.75) is 25.6 Å². The van der Waals surface area contributed by atoms with E-state index < -0.39 is 30.3 Å². The highest BCUT2D eigenvalue weighted by Crippen LogP contribution is 2.28. The number of nitrogens with one attached hydrogen (secondary N) is 2. The van der Waals surface area contributed by atoms with E-state index in [9.17, 15) is 19.1 Å². The first-order valence-corrected chi connectivity index (χ1v) is 11.3. The monoisotopic (exact) mass is 518 g/mol. The number of aliphatic hydroxyl groups is 1. The summed E-state index contributed by atoms with van der Waals surface area (Å²) in [7, 11) is 0. The largest absolute Gasteiger partial charge is 0.411 e. The van der Waals surface area contributed by atoms with Crippen molar-refractivity contribution in [1.82, 2.24) is 24.9 Å². The molecule has 13 heteroatoms. The fraction of sp³-hybridized carbons (Fsp3) is 0.200. The molecule has 0 aliphatic heterocycles. The average Bonchev–Trinajstić information content (AvgIpc) is 3.30. The fourth-order valence-corrected chi connectivity index (χ4v) is 3.43. The second kappa shape index (κ2) is 10.5. The second-order valence-corrected chi connectivity index (χ2v) is 8.79. The van der Waals surface area contributed by atoms with Crippen LogP contribution in [0.5, 0.6) is 5.88 Å². The zero-order valence-corrected chi connectivity index (χ0v) is 20.3. The number of hydrogen-bond donors (Lipinski definition) is 4. The standard InChI is InChI=1S/C25H23FN8O4/c1-25(2,37)21(26)13-31-23(35)17-12-29-19(20-5-4-16-7-14(9-27)10-32-34(16)20)8-18(17)33-15-3-6-22(30-11-15)38-24(28)36/h3-8,10-12,21,37H,13H2,1-2H3,(H2,28,36)(H,29,33)(H,31,35). The lowest BCUT2D eigenvalue weighted by molar-refractivity contribution is -0.00177. The lowest BCUT2D eigenvalue weighted by Crippen LogP contribution is -2.42. The molecule has 2 amide bonds. The third kappa shape index (κ3) is 5.82. The Hall–Kier alpha value is -5.09. The van der Waals surface area contributed by atoms with Crippen molar-refractivity contribution in [1.29, 1.82) is 5.26 Å². The number of aromatic nitrogens is 4. The minimum absolute atomic E-state index is 0.0143. The molecule has 0 spiro atoms. The summed E-state index contributed by atoms with van der Waals surface area (Å²) in [4.78, 5) is 32.3. The zero-order valence-electron chi connectivity index (χ0n) is 20.3. The highest BCUT2D eigenvalue weighted by Gasteiger charge is 2.27. The van der Waals surface area contributed by atoms with Gasteiger partial charge in [-0.1, -0.05) is 0 Å². The molecule has 0 fully saturated rings. The molecule has 4 heterocycles. The first-order valence-electron chi connectivity index (χ1n) is 11.3. The molecule has 0 radical (unpaired) electrons. The van der Waals surface area contributed by atoms with Crippen LogP contribution in [0, 0.1) is 11.3 Å². The highest BCUT2D eigenvalue weighted by molar-refractivity contribution is 6.00. The number of carbonyl (C=O) groups is 2. The Kier molecular flexibility index (Phi) is 7.17. The Balaban J connectivity index is 1.69. The maximum atomic E-state index is 14.2. The molecule has 38 heavy (non-hydrogen) atoms. The van der Waals surface area contributed by atoms with E-state index in [-0.39, 0.29) is 11.4 Å². The molecule has 194 valence electrons. The van der Waals surface area contributed by atoms with Crippen molar-refractivity contribution in [3.05, 3.63) is 66.1 Å². The third-order valence-corrected chi connectivity index (χ3v) is 5.47. The number of halogens is 1. The van der Waals surface area contributed by atoms with E-state index in [0.29, 0.717) is 33.8 Å². The van der Waals surface area contributed by atoms with Crippen molar-refractivity contribution >= 4 is 28.9 Å². The van der Waals surface area contributed by atoms with E-state index in [4.69, 9.17) is 15.7 Å². The van der Waals surface area contributed by atoms with Gasteiger partial charge in [0.25, 0.3) is 5.91 Å². The van der Waals surface area contributed by atoms with Crippen LogP contribution in [0.4, 0.5) is 20.6 Å². The van der Waals surface area contributed by atoms with Crippen LogP contribution in [0.25, 0.3) is 16.9 Å². The topological polar surface area (TPSA) is 181 Å². The number of hydrogen-bond acceptors (Lipinski definition) is 9. The summed E-state index contributed by atoms with van der Waals surface area (Å²) in [6.07, 6.45) is 1.40. The molecule has 4 aromatic rings. The van der Waals surface area contributed by atoms with Crippen LogP contribution in [-0.4, -0.2) is 55.0 Å². The minimum Gasteiger partial charge on any atom is -0.391 e. The lowest BCUT2D eigenvalue weighted by Gasteiger charge is -2.22. The van der Waals surface area contributed by atoms with Crippen LogP contribution in [0.2, 0.25) is 0 Å². The number of amides is 2. The van der Waals surface area contributed by atoms with Gasteiger partial charge in [-0.3, -0.25) is 9.78 Å². The molecule has 1 unspecified atom stereocenters. The van der Waals surface area contributed by atoms with Gasteiger partial charge in [0.15, 0.2) is 0 Å². The normalized spacial score (nSPS) is 12.0. The van der Waals surface area contributed by atoms with Crippen LogP contribution in [0.3, 0.4) is 0 Å². The molecule has 0 bridgehead atoms. The summed E-state index contributed by atoms with van der Waals surface area (Å²) in [6, 6.07) is 11.8. The van der Waals surface area contributed by atoms with Gasteiger partial charge in [-0.2, -0.15) is 10.4 Å². The van der Waals surface area contributed by atoms with Gasteiger partial charge in [0.2, 0.25) is 5.88 Å². The molecule has 0 aliphatic rings. The Morgan fingerprint density at radius 3 is 2.66 bits per heavy atom. The highest BCUT2D eigenvalue weighted by atomic mass is 19.1. The van der Waals surface area contributed by atoms with Crippen molar-refractivity contribution in [3.8, 4) is 23.3 Å². The van der Waals surface area contributed by atoms with Gasteiger partial charge < -0.3 is 26.2 Å². The SMILES string of the molecule is CC(C)(O)C(F)CNC(=O)c1cnc(-c2ccc3cc(C#N)cnn23)cc1Nc1ccc(OC(N)=O)nc1. The van der Waals surface area contributed by atoms with Gasteiger partial charge in [0.05, 0.1) is 63.9 Å². The second-order valence-electron chi connectivity index (χ2n) is 8.79. The lowest BCUT2D eigenvalue weighted by atomic mass is 10.0. The number of nitrogens with zero attached hydrogens (tertiary/aromatic N) is 5. The van der Waals surface area contributed by atoms with Gasteiger partial charge in [-0.25, -0.2) is 18.7 Å². The maximum Gasteiger partial charge on any atom is 0.411 e. The first kappa shape index (κ1) is 26.0. The Morgan fingerprint density at radius 2 is 2.00 bits per heavy atom. The molecule has 0 aromatic carbocycles. The molecular weight excluding hydrogens is 495 g/mol. The number of primary amides is 1. The van der Waals surface area contributed by atoms with Crippen molar-refractivity contribution < 1.29 is 23.8 Å². The van der Waals surface area contributed by atoms with Crippen LogP contribution >= 0.6 is 0 Å². The van der Waals surface area contributed by atoms with Gasteiger partial charge in [-0.15, -0.1) is 0 Å². The molecule has 0 saturated heterocycles. The van der Waals surface area contributed by atoms with Gasteiger partial charge in [0.1, 0.15) is 12.2 Å². The first-order chi connectivity index (χ1) is 18.0. The number of nitrogens with two attached hydrogens (primary N) is 1. The molecule has 12 nitrogen and oxygen atoms in total. The summed E-state index contributed by atoms with van der Waals surface area (Å²) < 4.78 is 20.6. The number of ether oxygens (including phenoxy) is 1. The summed E-state index contributed by atoms with van der Waals surface area (Å²) in [5.74, 6) is -0.642.